The van der Waals surface area contributed by atoms with Crippen molar-refractivity contribution in [1.29, 1.82) is 0 Å². The number of esters is 1. The molecule has 0 heterocycles. The number of hydrogen-bond acceptors (Lipinski definition) is 4. The van der Waals surface area contributed by atoms with E-state index in [9.17, 15) is 9.90 Å². The lowest BCUT2D eigenvalue weighted by molar-refractivity contribution is -0.145. The number of hydrogen-bond donors (Lipinski definition) is 2. The Balaban J connectivity index is 3.30. The zero-order valence-corrected chi connectivity index (χ0v) is 16.0. The van der Waals surface area contributed by atoms with Gasteiger partial charge >= 0.3 is 5.97 Å². The monoisotopic (exact) mass is 344 g/mol. The molecule has 0 aromatic heterocycles. The lowest BCUT2D eigenvalue weighted by atomic mass is 10.0. The Morgan fingerprint density at radius 2 is 1.46 bits per heavy atom. The van der Waals surface area contributed by atoms with E-state index in [-0.39, 0.29) is 24.6 Å². The largest absolute Gasteiger partial charge is 0.465 e. The smallest absolute Gasteiger partial charge is 0.305 e. The van der Waals surface area contributed by atoms with Crippen molar-refractivity contribution < 1.29 is 19.7 Å². The summed E-state index contributed by atoms with van der Waals surface area (Å²) in [5.74, 6) is -0.138. The highest BCUT2D eigenvalue weighted by Gasteiger charge is 2.07. The topological polar surface area (TPSA) is 66.8 Å². The molecule has 0 aliphatic heterocycles. The summed E-state index contributed by atoms with van der Waals surface area (Å²) in [4.78, 5) is 11.5. The number of rotatable bonds is 17. The molecule has 24 heavy (non-hydrogen) atoms. The van der Waals surface area contributed by atoms with Crippen molar-refractivity contribution in [2.45, 2.75) is 103 Å². The van der Waals surface area contributed by atoms with Gasteiger partial charge in [-0.2, -0.15) is 0 Å². The fraction of sp³-hybridized carbons (Fsp3) is 0.950. The van der Waals surface area contributed by atoms with E-state index in [2.05, 4.69) is 6.92 Å². The molecule has 0 fully saturated rings. The van der Waals surface area contributed by atoms with E-state index in [4.69, 9.17) is 9.84 Å². The van der Waals surface area contributed by atoms with Crippen LogP contribution in [0.4, 0.5) is 0 Å². The van der Waals surface area contributed by atoms with Gasteiger partial charge in [0.05, 0.1) is 12.7 Å². The highest BCUT2D eigenvalue weighted by atomic mass is 16.5. The van der Waals surface area contributed by atoms with E-state index >= 15 is 0 Å². The second-order valence-electron chi connectivity index (χ2n) is 7.13. The molecule has 4 nitrogen and oxygen atoms in total. The average Bonchev–Trinajstić information content (AvgIpc) is 2.58. The Morgan fingerprint density at radius 1 is 0.917 bits per heavy atom. The molecule has 0 amide bonds. The minimum absolute atomic E-state index is 0.0204. The average molecular weight is 345 g/mol. The molecule has 0 aromatic carbocycles. The molecule has 0 rings (SSSR count). The van der Waals surface area contributed by atoms with Crippen LogP contribution in [0.15, 0.2) is 0 Å². The van der Waals surface area contributed by atoms with Crippen LogP contribution in [-0.2, 0) is 9.53 Å². The minimum atomic E-state index is -0.159. The molecule has 0 saturated heterocycles. The highest BCUT2D eigenvalue weighted by molar-refractivity contribution is 5.69. The first kappa shape index (κ1) is 23.4. The van der Waals surface area contributed by atoms with Crippen molar-refractivity contribution in [2.75, 3.05) is 13.2 Å². The standard InChI is InChI=1S/C20H40O4/c1-3-4-5-7-10-13-19(22)14-11-8-6-9-12-15-20(23)24-17-18(2)16-21/h18-19,21-22H,3-17H2,1-2H3. The Hall–Kier alpha value is -0.610. The first-order chi connectivity index (χ1) is 11.6. The van der Waals surface area contributed by atoms with Crippen LogP contribution >= 0.6 is 0 Å². The fourth-order valence-corrected chi connectivity index (χ4v) is 2.67. The molecule has 0 spiro atoms. The van der Waals surface area contributed by atoms with Crippen LogP contribution in [0.3, 0.4) is 0 Å². The van der Waals surface area contributed by atoms with Crippen LogP contribution in [0.25, 0.3) is 0 Å². The van der Waals surface area contributed by atoms with Gasteiger partial charge in [0, 0.05) is 18.9 Å². The van der Waals surface area contributed by atoms with Crippen LogP contribution in [0.5, 0.6) is 0 Å². The van der Waals surface area contributed by atoms with E-state index in [1.807, 2.05) is 6.92 Å². The normalized spacial score (nSPS) is 13.7. The second-order valence-corrected chi connectivity index (χ2v) is 7.13. The molecule has 4 heteroatoms. The maximum atomic E-state index is 11.5. The predicted octanol–water partition coefficient (Wildman–Crippen LogP) is 4.61. The Kier molecular flexibility index (Phi) is 16.8. The van der Waals surface area contributed by atoms with E-state index in [1.165, 1.54) is 25.7 Å². The highest BCUT2D eigenvalue weighted by Crippen LogP contribution is 2.13. The number of carbonyl (C=O) groups is 1. The van der Waals surface area contributed by atoms with Crippen molar-refractivity contribution in [3.05, 3.63) is 0 Å². The predicted molar refractivity (Wildman–Crippen MR) is 98.9 cm³/mol. The van der Waals surface area contributed by atoms with Gasteiger partial charge in [0.1, 0.15) is 0 Å². The Labute approximate surface area is 149 Å². The third-order valence-electron chi connectivity index (χ3n) is 4.40. The van der Waals surface area contributed by atoms with Crippen molar-refractivity contribution in [2.24, 2.45) is 5.92 Å². The number of aliphatic hydroxyl groups excluding tert-OH is 2. The summed E-state index contributed by atoms with van der Waals surface area (Å²) >= 11 is 0. The lowest BCUT2D eigenvalue weighted by Gasteiger charge is -2.10. The molecule has 144 valence electrons. The third-order valence-corrected chi connectivity index (χ3v) is 4.40. The zero-order chi connectivity index (χ0) is 18.0. The molecule has 0 saturated carbocycles. The third kappa shape index (κ3) is 16.3. The summed E-state index contributed by atoms with van der Waals surface area (Å²) in [6, 6.07) is 0. The van der Waals surface area contributed by atoms with Gasteiger partial charge in [0.25, 0.3) is 0 Å². The van der Waals surface area contributed by atoms with Crippen LogP contribution in [0, 0.1) is 5.92 Å². The van der Waals surface area contributed by atoms with Gasteiger partial charge in [-0.05, 0) is 19.3 Å². The van der Waals surface area contributed by atoms with Crippen LogP contribution < -0.4 is 0 Å². The Bertz CT molecular complexity index is 281. The summed E-state index contributed by atoms with van der Waals surface area (Å²) in [6.07, 6.45) is 13.7. The Morgan fingerprint density at radius 3 is 2.04 bits per heavy atom. The molecule has 0 aromatic rings. The van der Waals surface area contributed by atoms with Crippen LogP contribution in [0.1, 0.15) is 97.3 Å². The minimum Gasteiger partial charge on any atom is -0.465 e. The summed E-state index contributed by atoms with van der Waals surface area (Å²) < 4.78 is 5.08. The summed E-state index contributed by atoms with van der Waals surface area (Å²) in [7, 11) is 0. The van der Waals surface area contributed by atoms with Gasteiger partial charge < -0.3 is 14.9 Å². The summed E-state index contributed by atoms with van der Waals surface area (Å²) in [5, 5.41) is 18.8. The van der Waals surface area contributed by atoms with E-state index in [1.54, 1.807) is 0 Å². The molecule has 0 bridgehead atoms. The molecular formula is C20H40O4. The molecule has 0 aliphatic carbocycles. The van der Waals surface area contributed by atoms with E-state index < -0.39 is 0 Å². The molecule has 2 unspecified atom stereocenters. The van der Waals surface area contributed by atoms with Crippen molar-refractivity contribution >= 4 is 5.97 Å². The summed E-state index contributed by atoms with van der Waals surface area (Å²) in [6.45, 7) is 4.44. The van der Waals surface area contributed by atoms with Crippen molar-refractivity contribution in [1.82, 2.24) is 0 Å². The van der Waals surface area contributed by atoms with Gasteiger partial charge in [-0.25, -0.2) is 0 Å². The zero-order valence-electron chi connectivity index (χ0n) is 16.0. The molecule has 0 aliphatic rings. The second kappa shape index (κ2) is 17.2. The van der Waals surface area contributed by atoms with Gasteiger partial charge in [-0.3, -0.25) is 4.79 Å². The number of ether oxygens (including phenoxy) is 1. The first-order valence-corrected chi connectivity index (χ1v) is 10.0. The molecule has 2 atom stereocenters. The van der Waals surface area contributed by atoms with Crippen LogP contribution in [-0.4, -0.2) is 35.5 Å². The molecule has 0 radical (unpaired) electrons. The van der Waals surface area contributed by atoms with E-state index in [0.29, 0.717) is 13.0 Å². The fourth-order valence-electron chi connectivity index (χ4n) is 2.67. The quantitative estimate of drug-likeness (QED) is 0.299. The maximum absolute atomic E-state index is 11.5. The van der Waals surface area contributed by atoms with Gasteiger partial charge in [-0.15, -0.1) is 0 Å². The van der Waals surface area contributed by atoms with Crippen molar-refractivity contribution in [3.63, 3.8) is 0 Å². The van der Waals surface area contributed by atoms with Crippen LogP contribution in [0.2, 0.25) is 0 Å². The molecular weight excluding hydrogens is 304 g/mol. The van der Waals surface area contributed by atoms with Gasteiger partial charge in [0.15, 0.2) is 0 Å². The molecule has 2 N–H and O–H groups in total. The lowest BCUT2D eigenvalue weighted by Crippen LogP contribution is -2.14. The number of aliphatic hydroxyl groups is 2. The first-order valence-electron chi connectivity index (χ1n) is 10.0. The number of carbonyl (C=O) groups excluding carboxylic acids is 1. The van der Waals surface area contributed by atoms with Gasteiger partial charge in [0.2, 0.25) is 0 Å². The SMILES string of the molecule is CCCCCCCC(O)CCCCCCCC(=O)OCC(C)CO. The van der Waals surface area contributed by atoms with Gasteiger partial charge in [-0.1, -0.05) is 71.6 Å². The van der Waals surface area contributed by atoms with Crippen molar-refractivity contribution in [3.8, 4) is 0 Å². The van der Waals surface area contributed by atoms with E-state index in [0.717, 1.165) is 51.4 Å². The maximum Gasteiger partial charge on any atom is 0.305 e. The number of unbranched alkanes of at least 4 members (excludes halogenated alkanes) is 8. The summed E-state index contributed by atoms with van der Waals surface area (Å²) in [5.41, 5.74) is 0.